The first-order valence-electron chi connectivity index (χ1n) is 14.4. The Morgan fingerprint density at radius 1 is 0.595 bits per heavy atom. The van der Waals surface area contributed by atoms with E-state index in [9.17, 15) is 0 Å². The molecule has 0 fully saturated rings. The molecule has 0 saturated carbocycles. The van der Waals surface area contributed by atoms with Crippen LogP contribution >= 0.6 is 34.4 Å². The minimum atomic E-state index is 1.08. The van der Waals surface area contributed by atoms with Crippen LogP contribution in [0.15, 0.2) is 22.9 Å². The Kier molecular flexibility index (Phi) is 7.82. The number of hydrogen-bond acceptors (Lipinski definition) is 5. The zero-order valence-corrected chi connectivity index (χ0v) is 24.7. The van der Waals surface area contributed by atoms with E-state index in [0.29, 0.717) is 0 Å². The Morgan fingerprint density at radius 3 is 1.49 bits per heavy atom. The molecule has 37 heavy (non-hydrogen) atoms. The van der Waals surface area contributed by atoms with Crippen LogP contribution < -0.4 is 0 Å². The number of thiophene rings is 2. The summed E-state index contributed by atoms with van der Waals surface area (Å²) in [4.78, 5) is 0. The maximum Gasteiger partial charge on any atom is 0.116 e. The lowest BCUT2D eigenvalue weighted by molar-refractivity contribution is 0.567. The van der Waals surface area contributed by atoms with Crippen molar-refractivity contribution < 1.29 is 0 Å². The monoisotopic (exact) mass is 550 g/mol. The molecule has 5 aromatic heterocycles. The van der Waals surface area contributed by atoms with Crippen molar-refractivity contribution in [2.24, 2.45) is 0 Å². The van der Waals surface area contributed by atoms with E-state index in [0.717, 1.165) is 24.1 Å². The highest BCUT2D eigenvalue weighted by Gasteiger charge is 2.26. The molecule has 6 aromatic rings. The second kappa shape index (κ2) is 11.4. The van der Waals surface area contributed by atoms with Gasteiger partial charge in [-0.2, -0.15) is 8.75 Å². The summed E-state index contributed by atoms with van der Waals surface area (Å²) in [5, 5.41) is 7.18. The highest BCUT2D eigenvalue weighted by Crippen LogP contribution is 2.46. The van der Waals surface area contributed by atoms with Gasteiger partial charge in [0.25, 0.3) is 0 Å². The third kappa shape index (κ3) is 4.51. The van der Waals surface area contributed by atoms with Crippen LogP contribution in [-0.2, 0) is 13.1 Å². The van der Waals surface area contributed by atoms with E-state index in [1.807, 2.05) is 22.7 Å². The van der Waals surface area contributed by atoms with Crippen molar-refractivity contribution in [1.29, 1.82) is 0 Å². The Labute approximate surface area is 231 Å². The smallest absolute Gasteiger partial charge is 0.116 e. The number of nitrogens with zero attached hydrogens (tertiary/aromatic N) is 4. The van der Waals surface area contributed by atoms with Gasteiger partial charge in [-0.1, -0.05) is 78.1 Å². The van der Waals surface area contributed by atoms with Gasteiger partial charge in [0, 0.05) is 23.9 Å². The average molecular weight is 551 g/mol. The molecule has 196 valence electrons. The lowest BCUT2D eigenvalue weighted by Crippen LogP contribution is -2.02. The predicted molar refractivity (Wildman–Crippen MR) is 166 cm³/mol. The Balaban J connectivity index is 1.49. The molecular weight excluding hydrogens is 513 g/mol. The number of unbranched alkanes of at least 4 members (excludes halogenated alkanes) is 10. The topological polar surface area (TPSA) is 35.6 Å². The molecule has 5 heterocycles. The molecule has 0 aliphatic heterocycles. The quantitative estimate of drug-likeness (QED) is 0.126. The number of aromatic nitrogens is 4. The summed E-state index contributed by atoms with van der Waals surface area (Å²) in [6.07, 6.45) is 15.8. The lowest BCUT2D eigenvalue weighted by Gasteiger charge is -2.12. The van der Waals surface area contributed by atoms with Gasteiger partial charge in [-0.05, 0) is 35.7 Å². The van der Waals surface area contributed by atoms with Crippen molar-refractivity contribution in [3.63, 3.8) is 0 Å². The fraction of sp³-hybridized carbons (Fsp3) is 0.533. The lowest BCUT2D eigenvalue weighted by atomic mass is 10.1. The summed E-state index contributed by atoms with van der Waals surface area (Å²) in [6.45, 7) is 6.75. The van der Waals surface area contributed by atoms with Crippen LogP contribution in [0.1, 0.15) is 90.9 Å². The van der Waals surface area contributed by atoms with E-state index in [-0.39, 0.29) is 0 Å². The third-order valence-corrected chi connectivity index (χ3v) is 10.4. The van der Waals surface area contributed by atoms with Crippen LogP contribution in [0.25, 0.3) is 53.3 Å². The zero-order chi connectivity index (χ0) is 25.2. The van der Waals surface area contributed by atoms with Gasteiger partial charge in [0.1, 0.15) is 11.0 Å². The Hall–Kier alpha value is -1.96. The maximum absolute atomic E-state index is 4.89. The summed E-state index contributed by atoms with van der Waals surface area (Å²) in [6, 6.07) is 4.66. The first kappa shape index (κ1) is 25.3. The number of hydrogen-bond donors (Lipinski definition) is 0. The third-order valence-electron chi connectivity index (χ3n) is 8.00. The first-order valence-corrected chi connectivity index (χ1v) is 16.9. The predicted octanol–water partition coefficient (Wildman–Crippen LogP) is 10.8. The molecule has 0 N–H and O–H groups in total. The standard InChI is InChI=1S/C30H38N4S3/c1-3-5-7-9-11-13-17-33-21-15-19-35-29(21)23-25-26(32-37-31-25)24-28(27(23)33)34(22-16-20-36-30(22)24)18-14-12-10-8-6-4-2/h15-16,19-20H,3-14,17-18H2,1-2H3. The average Bonchev–Trinajstić information content (AvgIpc) is 3.71. The van der Waals surface area contributed by atoms with Crippen LogP contribution in [0, 0.1) is 0 Å². The van der Waals surface area contributed by atoms with E-state index in [4.69, 9.17) is 8.75 Å². The van der Waals surface area contributed by atoms with Gasteiger partial charge >= 0.3 is 0 Å². The maximum atomic E-state index is 4.89. The Morgan fingerprint density at radius 2 is 1.03 bits per heavy atom. The van der Waals surface area contributed by atoms with Gasteiger partial charge in [0.05, 0.1) is 43.2 Å². The fourth-order valence-electron chi connectivity index (χ4n) is 6.14. The molecule has 0 bridgehead atoms. The van der Waals surface area contributed by atoms with Crippen LogP contribution in [0.3, 0.4) is 0 Å². The molecule has 0 amide bonds. The highest BCUT2D eigenvalue weighted by atomic mass is 32.1. The molecule has 6 rings (SSSR count). The molecule has 1 aromatic carbocycles. The minimum absolute atomic E-state index is 1.08. The van der Waals surface area contributed by atoms with Gasteiger partial charge < -0.3 is 9.13 Å². The summed E-state index contributed by atoms with van der Waals surface area (Å²) in [5.74, 6) is 0. The largest absolute Gasteiger partial charge is 0.338 e. The first-order chi connectivity index (χ1) is 18.3. The highest BCUT2D eigenvalue weighted by molar-refractivity contribution is 7.19. The van der Waals surface area contributed by atoms with Crippen molar-refractivity contribution in [2.75, 3.05) is 0 Å². The van der Waals surface area contributed by atoms with Gasteiger partial charge in [-0.25, -0.2) is 0 Å². The molecule has 4 nitrogen and oxygen atoms in total. The number of benzene rings is 1. The van der Waals surface area contributed by atoms with Crippen LogP contribution in [-0.4, -0.2) is 17.9 Å². The van der Waals surface area contributed by atoms with Crippen LogP contribution in [0.5, 0.6) is 0 Å². The molecule has 0 spiro atoms. The van der Waals surface area contributed by atoms with E-state index in [1.54, 1.807) is 0 Å². The second-order valence-corrected chi connectivity index (χ2v) is 12.9. The van der Waals surface area contributed by atoms with Crippen LogP contribution in [0.2, 0.25) is 0 Å². The van der Waals surface area contributed by atoms with Gasteiger partial charge in [0.2, 0.25) is 0 Å². The van der Waals surface area contributed by atoms with E-state index in [2.05, 4.69) is 45.9 Å². The molecule has 7 heteroatoms. The van der Waals surface area contributed by atoms with Crippen LogP contribution in [0.4, 0.5) is 0 Å². The molecular formula is C30H38N4S3. The van der Waals surface area contributed by atoms with E-state index in [1.165, 1.54) is 131 Å². The molecule has 0 radical (unpaired) electrons. The second-order valence-electron chi connectivity index (χ2n) is 10.5. The van der Waals surface area contributed by atoms with Crippen molar-refractivity contribution >= 4 is 87.7 Å². The summed E-state index contributed by atoms with van der Waals surface area (Å²) < 4.78 is 17.8. The van der Waals surface area contributed by atoms with E-state index < -0.39 is 0 Å². The SMILES string of the molecule is CCCCCCCCn1c2ccsc2c2c3nsnc3c3c4sccc4n(CCCCCCCC)c3c21. The van der Waals surface area contributed by atoms with Crippen molar-refractivity contribution in [3.8, 4) is 0 Å². The van der Waals surface area contributed by atoms with E-state index >= 15 is 0 Å². The fourth-order valence-corrected chi connectivity index (χ4v) is 8.59. The number of rotatable bonds is 14. The molecule has 0 atom stereocenters. The van der Waals surface area contributed by atoms with Crippen molar-refractivity contribution in [2.45, 2.75) is 104 Å². The van der Waals surface area contributed by atoms with Gasteiger partial charge in [0.15, 0.2) is 0 Å². The normalized spacial score (nSPS) is 12.5. The molecule has 0 aliphatic rings. The van der Waals surface area contributed by atoms with Gasteiger partial charge in [-0.3, -0.25) is 0 Å². The number of fused-ring (bicyclic) bond motifs is 10. The number of aryl methyl sites for hydroxylation is 2. The summed E-state index contributed by atoms with van der Waals surface area (Å²) in [7, 11) is 0. The Bertz CT molecular complexity index is 1510. The van der Waals surface area contributed by atoms with Crippen molar-refractivity contribution in [3.05, 3.63) is 22.9 Å². The molecule has 0 aliphatic carbocycles. The van der Waals surface area contributed by atoms with Gasteiger partial charge in [-0.15, -0.1) is 22.7 Å². The summed E-state index contributed by atoms with van der Waals surface area (Å²) >= 11 is 5.11. The van der Waals surface area contributed by atoms with Crippen molar-refractivity contribution in [1.82, 2.24) is 17.9 Å². The molecule has 0 unspecified atom stereocenters. The minimum Gasteiger partial charge on any atom is -0.338 e. The molecule has 0 saturated heterocycles. The zero-order valence-electron chi connectivity index (χ0n) is 22.2. The summed E-state index contributed by atoms with van der Waals surface area (Å²) in [5.41, 5.74) is 7.78.